The number of rotatable bonds is 77. The van der Waals surface area contributed by atoms with Crippen LogP contribution in [0.2, 0.25) is 0 Å². The summed E-state index contributed by atoms with van der Waals surface area (Å²) >= 11 is 0. The lowest BCUT2D eigenvalue weighted by molar-refractivity contribution is -0.161. The SMILES string of the molecule is CCCCCCCCCCCCCCCCCCCCCCCCC(=O)O[C@H](COC(=O)CCCCCCCCCCCCCCC(C)C)COP(=O)(O)OC[C@@H](O)COP(=O)(O)OC[C@@H](COC(=O)CCCCCCCCC(C)C)OC(=O)CCCCCCCCCCCCC. The molecule has 0 aliphatic rings. The predicted octanol–water partition coefficient (Wildman–Crippen LogP) is 23.1. The molecule has 2 unspecified atom stereocenters. The van der Waals surface area contributed by atoms with Gasteiger partial charge in [-0.25, -0.2) is 9.13 Å². The third kappa shape index (κ3) is 72.2. The Morgan fingerprint density at radius 2 is 0.474 bits per heavy atom. The van der Waals surface area contributed by atoms with E-state index >= 15 is 0 Å². The van der Waals surface area contributed by atoms with Gasteiger partial charge in [0.15, 0.2) is 12.2 Å². The molecule has 0 saturated carbocycles. The van der Waals surface area contributed by atoms with Crippen LogP contribution in [0.5, 0.6) is 0 Å². The van der Waals surface area contributed by atoms with Gasteiger partial charge in [-0.3, -0.25) is 37.3 Å². The van der Waals surface area contributed by atoms with Crippen LogP contribution in [-0.4, -0.2) is 96.7 Å². The summed E-state index contributed by atoms with van der Waals surface area (Å²) in [4.78, 5) is 72.8. The molecule has 0 aromatic heterocycles. The molecule has 3 N–H and O–H groups in total. The molecule has 19 heteroatoms. The van der Waals surface area contributed by atoms with Gasteiger partial charge in [0.1, 0.15) is 19.3 Å². The van der Waals surface area contributed by atoms with E-state index in [0.717, 1.165) is 102 Å². The number of phosphoric ester groups is 2. The van der Waals surface area contributed by atoms with E-state index in [9.17, 15) is 43.2 Å². The van der Waals surface area contributed by atoms with Gasteiger partial charge in [0.25, 0.3) is 0 Å². The normalized spacial score (nSPS) is 14.0. The van der Waals surface area contributed by atoms with Crippen molar-refractivity contribution in [1.29, 1.82) is 0 Å². The molecule has 576 valence electrons. The first-order chi connectivity index (χ1) is 46.9. The molecule has 0 aromatic carbocycles. The van der Waals surface area contributed by atoms with Gasteiger partial charge in [-0.05, 0) is 37.5 Å². The number of ether oxygens (including phenoxy) is 4. The van der Waals surface area contributed by atoms with Gasteiger partial charge >= 0.3 is 39.5 Å². The largest absolute Gasteiger partial charge is 0.472 e. The van der Waals surface area contributed by atoms with Crippen LogP contribution in [0.3, 0.4) is 0 Å². The Hall–Kier alpha value is -1.94. The molecule has 97 heavy (non-hydrogen) atoms. The maximum absolute atomic E-state index is 13.1. The number of unbranched alkanes of at least 4 members (excludes halogenated alkanes) is 47. The van der Waals surface area contributed by atoms with E-state index in [1.807, 2.05) is 0 Å². The molecule has 0 spiro atoms. The van der Waals surface area contributed by atoms with Gasteiger partial charge < -0.3 is 33.8 Å². The van der Waals surface area contributed by atoms with Crippen LogP contribution < -0.4 is 0 Å². The van der Waals surface area contributed by atoms with Crippen molar-refractivity contribution in [2.45, 2.75) is 426 Å². The maximum Gasteiger partial charge on any atom is 0.472 e. The molecular weight excluding hydrogens is 1270 g/mol. The topological polar surface area (TPSA) is 237 Å². The summed E-state index contributed by atoms with van der Waals surface area (Å²) in [5, 5.41) is 10.6. The monoisotopic (exact) mass is 1420 g/mol. The fraction of sp³-hybridized carbons (Fsp3) is 0.949. The van der Waals surface area contributed by atoms with E-state index in [2.05, 4.69) is 41.5 Å². The lowest BCUT2D eigenvalue weighted by Gasteiger charge is -2.21. The zero-order valence-corrected chi connectivity index (χ0v) is 65.2. The first-order valence-corrected chi connectivity index (χ1v) is 43.5. The van der Waals surface area contributed by atoms with Gasteiger partial charge in [-0.1, -0.05) is 356 Å². The van der Waals surface area contributed by atoms with Crippen LogP contribution in [0.25, 0.3) is 0 Å². The lowest BCUT2D eigenvalue weighted by atomic mass is 10.0. The second-order valence-electron chi connectivity index (χ2n) is 29.1. The quantitative estimate of drug-likeness (QED) is 0.0222. The summed E-state index contributed by atoms with van der Waals surface area (Å²) in [6.45, 7) is 9.53. The highest BCUT2D eigenvalue weighted by atomic mass is 31.2. The van der Waals surface area contributed by atoms with Crippen molar-refractivity contribution in [2.24, 2.45) is 11.8 Å². The van der Waals surface area contributed by atoms with Gasteiger partial charge in [0, 0.05) is 25.7 Å². The van der Waals surface area contributed by atoms with Crippen molar-refractivity contribution in [1.82, 2.24) is 0 Å². The fourth-order valence-corrected chi connectivity index (χ4v) is 13.6. The standard InChI is InChI=1S/C78H152O17P2/c1-7-9-11-13-15-17-19-20-21-22-23-24-25-26-27-28-29-35-39-43-51-57-63-78(83)94-73(66-88-75(80)60-54-48-41-37-34-31-30-33-36-40-46-52-58-70(3)4)68-92-96(84,85)90-64-72(79)65-91-97(86,87)93-69-74(67-89-76(81)61-55-49-45-44-47-53-59-71(5)6)95-77(82)62-56-50-42-38-32-18-16-14-12-10-8-2/h70-74,79H,7-69H2,1-6H3,(H,84,85)(H,86,87)/t72-,73-,74-/m1/s1. The molecule has 0 fully saturated rings. The minimum absolute atomic E-state index is 0.106. The van der Waals surface area contributed by atoms with Gasteiger partial charge in [-0.15, -0.1) is 0 Å². The molecule has 0 aliphatic carbocycles. The number of esters is 4. The van der Waals surface area contributed by atoms with E-state index in [1.54, 1.807) is 0 Å². The summed E-state index contributed by atoms with van der Waals surface area (Å²) in [6.07, 6.45) is 58.6. The molecule has 5 atom stereocenters. The van der Waals surface area contributed by atoms with Crippen LogP contribution in [0.1, 0.15) is 408 Å². The minimum Gasteiger partial charge on any atom is -0.462 e. The number of aliphatic hydroxyl groups is 1. The molecule has 0 saturated heterocycles. The highest BCUT2D eigenvalue weighted by molar-refractivity contribution is 7.47. The second-order valence-corrected chi connectivity index (χ2v) is 32.0. The van der Waals surface area contributed by atoms with Gasteiger partial charge in [0.05, 0.1) is 26.4 Å². The van der Waals surface area contributed by atoms with E-state index in [0.29, 0.717) is 31.6 Å². The Bertz CT molecular complexity index is 1870. The second kappa shape index (κ2) is 69.8. The van der Waals surface area contributed by atoms with Crippen LogP contribution in [-0.2, 0) is 65.4 Å². The highest BCUT2D eigenvalue weighted by Gasteiger charge is 2.30. The van der Waals surface area contributed by atoms with Crippen molar-refractivity contribution in [3.8, 4) is 0 Å². The molecule has 17 nitrogen and oxygen atoms in total. The van der Waals surface area contributed by atoms with Crippen molar-refractivity contribution >= 4 is 39.5 Å². The van der Waals surface area contributed by atoms with E-state index in [1.165, 1.54) is 218 Å². The molecular formula is C78H152O17P2. The summed E-state index contributed by atoms with van der Waals surface area (Å²) in [5.74, 6) is -0.655. The minimum atomic E-state index is -4.96. The summed E-state index contributed by atoms with van der Waals surface area (Å²) in [7, 11) is -9.91. The third-order valence-electron chi connectivity index (χ3n) is 18.2. The zero-order valence-electron chi connectivity index (χ0n) is 63.4. The number of carbonyl (C=O) groups excluding carboxylic acids is 4. The molecule has 0 radical (unpaired) electrons. The Labute approximate surface area is 594 Å². The number of hydrogen-bond acceptors (Lipinski definition) is 15. The number of hydrogen-bond donors (Lipinski definition) is 3. The van der Waals surface area contributed by atoms with Crippen LogP contribution in [0, 0.1) is 11.8 Å². The van der Waals surface area contributed by atoms with Crippen molar-refractivity contribution in [2.75, 3.05) is 39.6 Å². The summed E-state index contributed by atoms with van der Waals surface area (Å²) < 4.78 is 68.5. The van der Waals surface area contributed by atoms with E-state index < -0.39 is 97.5 Å². The zero-order chi connectivity index (χ0) is 71.4. The first-order valence-electron chi connectivity index (χ1n) is 40.5. The smallest absolute Gasteiger partial charge is 0.462 e. The molecule has 0 heterocycles. The Morgan fingerprint density at radius 3 is 0.701 bits per heavy atom. The molecule has 0 bridgehead atoms. The Kier molecular flexibility index (Phi) is 68.4. The Morgan fingerprint density at radius 1 is 0.278 bits per heavy atom. The van der Waals surface area contributed by atoms with Gasteiger partial charge in [0.2, 0.25) is 0 Å². The summed E-state index contributed by atoms with van der Waals surface area (Å²) in [5.41, 5.74) is 0. The average molecular weight is 1420 g/mol. The van der Waals surface area contributed by atoms with E-state index in [-0.39, 0.29) is 25.7 Å². The fourth-order valence-electron chi connectivity index (χ4n) is 12.0. The molecule has 0 rings (SSSR count). The predicted molar refractivity (Wildman–Crippen MR) is 395 cm³/mol. The van der Waals surface area contributed by atoms with Crippen LogP contribution in [0.4, 0.5) is 0 Å². The number of phosphoric acid groups is 2. The Balaban J connectivity index is 5.18. The molecule has 0 aliphatic heterocycles. The first kappa shape index (κ1) is 95.1. The van der Waals surface area contributed by atoms with Gasteiger partial charge in [-0.2, -0.15) is 0 Å². The summed E-state index contributed by atoms with van der Waals surface area (Å²) in [6, 6.07) is 0. The third-order valence-corrected chi connectivity index (χ3v) is 20.1. The maximum atomic E-state index is 13.1. The van der Waals surface area contributed by atoms with Crippen LogP contribution in [0.15, 0.2) is 0 Å². The van der Waals surface area contributed by atoms with Crippen molar-refractivity contribution in [3.63, 3.8) is 0 Å². The highest BCUT2D eigenvalue weighted by Crippen LogP contribution is 2.45. The van der Waals surface area contributed by atoms with Crippen molar-refractivity contribution < 1.29 is 80.2 Å². The number of carbonyl (C=O) groups is 4. The van der Waals surface area contributed by atoms with E-state index in [4.69, 9.17) is 37.0 Å². The number of aliphatic hydroxyl groups excluding tert-OH is 1. The average Bonchev–Trinajstić information content (AvgIpc) is 1.25. The van der Waals surface area contributed by atoms with Crippen LogP contribution >= 0.6 is 15.6 Å². The molecule has 0 amide bonds. The van der Waals surface area contributed by atoms with Crippen molar-refractivity contribution in [3.05, 3.63) is 0 Å². The molecule has 0 aromatic rings. The lowest BCUT2D eigenvalue weighted by Crippen LogP contribution is -2.30.